The van der Waals surface area contributed by atoms with Gasteiger partial charge >= 0.3 is 0 Å². The highest BCUT2D eigenvalue weighted by molar-refractivity contribution is 6.02. The zero-order chi connectivity index (χ0) is 17.2. The molecule has 0 unspecified atom stereocenters. The van der Waals surface area contributed by atoms with Crippen LogP contribution < -0.4 is 10.1 Å². The van der Waals surface area contributed by atoms with Gasteiger partial charge in [-0.25, -0.2) is 0 Å². The largest absolute Gasteiger partial charge is 0.497 e. The summed E-state index contributed by atoms with van der Waals surface area (Å²) in [6.07, 6.45) is 0.789. The Morgan fingerprint density at radius 2 is 1.88 bits per heavy atom. The van der Waals surface area contributed by atoms with Crippen LogP contribution in [0.2, 0.25) is 0 Å². The highest BCUT2D eigenvalue weighted by Crippen LogP contribution is 2.29. The van der Waals surface area contributed by atoms with Gasteiger partial charge in [0.05, 0.1) is 24.9 Å². The molecule has 0 spiro atoms. The van der Waals surface area contributed by atoms with Gasteiger partial charge in [0.1, 0.15) is 11.4 Å². The number of aromatic nitrogens is 2. The van der Waals surface area contributed by atoms with Crippen molar-refractivity contribution in [1.29, 1.82) is 0 Å². The Kier molecular flexibility index (Phi) is 3.98. The van der Waals surface area contributed by atoms with E-state index in [1.54, 1.807) is 7.11 Å². The van der Waals surface area contributed by atoms with Crippen molar-refractivity contribution in [2.75, 3.05) is 13.7 Å². The first-order valence-electron chi connectivity index (χ1n) is 8.32. The predicted molar refractivity (Wildman–Crippen MR) is 95.8 cm³/mol. The van der Waals surface area contributed by atoms with Gasteiger partial charge in [-0.3, -0.25) is 9.48 Å². The van der Waals surface area contributed by atoms with Gasteiger partial charge in [-0.2, -0.15) is 5.10 Å². The van der Waals surface area contributed by atoms with Gasteiger partial charge in [0.25, 0.3) is 5.91 Å². The molecular weight excluding hydrogens is 314 g/mol. The minimum absolute atomic E-state index is 0.0496. The SMILES string of the molecule is COc1ccc(-c2nn(Cc3ccccc3)c3c2C(=O)NCC3)cc1. The van der Waals surface area contributed by atoms with Gasteiger partial charge in [-0.1, -0.05) is 30.3 Å². The van der Waals surface area contributed by atoms with Crippen LogP contribution in [0.4, 0.5) is 0 Å². The van der Waals surface area contributed by atoms with Crippen LogP contribution in [-0.4, -0.2) is 29.3 Å². The number of carbonyl (C=O) groups is 1. The van der Waals surface area contributed by atoms with E-state index in [1.807, 2.05) is 47.1 Å². The minimum Gasteiger partial charge on any atom is -0.497 e. The van der Waals surface area contributed by atoms with Crippen molar-refractivity contribution in [2.24, 2.45) is 0 Å². The van der Waals surface area contributed by atoms with Crippen molar-refractivity contribution in [2.45, 2.75) is 13.0 Å². The molecule has 1 amide bonds. The average Bonchev–Trinajstić information content (AvgIpc) is 3.02. The van der Waals surface area contributed by atoms with E-state index in [4.69, 9.17) is 9.84 Å². The number of nitrogens with one attached hydrogen (secondary N) is 1. The van der Waals surface area contributed by atoms with E-state index < -0.39 is 0 Å². The monoisotopic (exact) mass is 333 g/mol. The van der Waals surface area contributed by atoms with Crippen LogP contribution in [0.15, 0.2) is 54.6 Å². The van der Waals surface area contributed by atoms with E-state index in [2.05, 4.69) is 17.4 Å². The smallest absolute Gasteiger partial charge is 0.255 e. The molecule has 2 heterocycles. The van der Waals surface area contributed by atoms with Gasteiger partial charge in [-0.05, 0) is 29.8 Å². The molecule has 126 valence electrons. The maximum Gasteiger partial charge on any atom is 0.255 e. The lowest BCUT2D eigenvalue weighted by molar-refractivity contribution is 0.0946. The maximum atomic E-state index is 12.5. The van der Waals surface area contributed by atoms with Gasteiger partial charge in [0.15, 0.2) is 0 Å². The van der Waals surface area contributed by atoms with Gasteiger partial charge < -0.3 is 10.1 Å². The quantitative estimate of drug-likeness (QED) is 0.799. The van der Waals surface area contributed by atoms with E-state index in [1.165, 1.54) is 5.56 Å². The maximum absolute atomic E-state index is 12.5. The van der Waals surface area contributed by atoms with Crippen molar-refractivity contribution in [3.05, 3.63) is 71.4 Å². The number of fused-ring (bicyclic) bond motifs is 1. The zero-order valence-corrected chi connectivity index (χ0v) is 14.0. The molecule has 2 aromatic carbocycles. The summed E-state index contributed by atoms with van der Waals surface area (Å²) in [5.41, 5.74) is 4.50. The number of amides is 1. The first-order chi connectivity index (χ1) is 12.3. The fraction of sp³-hybridized carbons (Fsp3) is 0.200. The lowest BCUT2D eigenvalue weighted by Crippen LogP contribution is -2.32. The summed E-state index contributed by atoms with van der Waals surface area (Å²) in [4.78, 5) is 12.5. The Morgan fingerprint density at radius 1 is 1.12 bits per heavy atom. The fourth-order valence-corrected chi connectivity index (χ4v) is 3.21. The second-order valence-electron chi connectivity index (χ2n) is 6.05. The number of nitrogens with zero attached hydrogens (tertiary/aromatic N) is 2. The molecule has 25 heavy (non-hydrogen) atoms. The van der Waals surface area contributed by atoms with Crippen molar-refractivity contribution in [3.8, 4) is 17.0 Å². The Labute approximate surface area is 146 Å². The number of ether oxygens (including phenoxy) is 1. The standard InChI is InChI=1S/C20H19N3O2/c1-25-16-9-7-15(8-10-16)19-18-17(11-12-21-20(18)24)23(22-19)13-14-5-3-2-4-6-14/h2-10H,11-13H2,1H3,(H,21,24). The summed E-state index contributed by atoms with van der Waals surface area (Å²) in [7, 11) is 1.64. The third-order valence-electron chi connectivity index (χ3n) is 4.47. The van der Waals surface area contributed by atoms with E-state index in [-0.39, 0.29) is 5.91 Å². The highest BCUT2D eigenvalue weighted by Gasteiger charge is 2.27. The number of carbonyl (C=O) groups excluding carboxylic acids is 1. The van der Waals surface area contributed by atoms with Crippen molar-refractivity contribution < 1.29 is 9.53 Å². The summed E-state index contributed by atoms with van der Waals surface area (Å²) < 4.78 is 7.18. The van der Waals surface area contributed by atoms with Crippen LogP contribution in [0.3, 0.4) is 0 Å². The van der Waals surface area contributed by atoms with Gasteiger partial charge in [0, 0.05) is 18.5 Å². The van der Waals surface area contributed by atoms with Crippen molar-refractivity contribution in [3.63, 3.8) is 0 Å². The van der Waals surface area contributed by atoms with Gasteiger partial charge in [-0.15, -0.1) is 0 Å². The molecule has 0 aliphatic carbocycles. The molecule has 1 aliphatic heterocycles. The minimum atomic E-state index is -0.0496. The first-order valence-corrected chi connectivity index (χ1v) is 8.32. The molecule has 3 aromatic rings. The Bertz CT molecular complexity index is 899. The highest BCUT2D eigenvalue weighted by atomic mass is 16.5. The lowest BCUT2D eigenvalue weighted by Gasteiger charge is -2.15. The van der Waals surface area contributed by atoms with E-state index in [9.17, 15) is 4.79 Å². The summed E-state index contributed by atoms with van der Waals surface area (Å²) in [5.74, 6) is 0.733. The van der Waals surface area contributed by atoms with Crippen LogP contribution in [0.5, 0.6) is 5.75 Å². The molecule has 0 atom stereocenters. The first kappa shape index (κ1) is 15.4. The van der Waals surface area contributed by atoms with Crippen LogP contribution in [0.25, 0.3) is 11.3 Å². The van der Waals surface area contributed by atoms with E-state index in [0.29, 0.717) is 18.7 Å². The predicted octanol–water partition coefficient (Wildman–Crippen LogP) is 2.89. The zero-order valence-electron chi connectivity index (χ0n) is 14.0. The third-order valence-corrected chi connectivity index (χ3v) is 4.47. The number of benzene rings is 2. The number of rotatable bonds is 4. The van der Waals surface area contributed by atoms with E-state index >= 15 is 0 Å². The molecule has 0 bridgehead atoms. The van der Waals surface area contributed by atoms with Crippen molar-refractivity contribution in [1.82, 2.24) is 15.1 Å². The van der Waals surface area contributed by atoms with Crippen molar-refractivity contribution >= 4 is 5.91 Å². The van der Waals surface area contributed by atoms with Crippen LogP contribution in [0, 0.1) is 0 Å². The number of hydrogen-bond acceptors (Lipinski definition) is 3. The molecule has 0 saturated heterocycles. The van der Waals surface area contributed by atoms with Gasteiger partial charge in [0.2, 0.25) is 0 Å². The fourth-order valence-electron chi connectivity index (χ4n) is 3.21. The molecule has 1 N–H and O–H groups in total. The molecule has 5 nitrogen and oxygen atoms in total. The second-order valence-corrected chi connectivity index (χ2v) is 6.05. The van der Waals surface area contributed by atoms with Crippen LogP contribution >= 0.6 is 0 Å². The summed E-state index contributed by atoms with van der Waals surface area (Å²) in [6.45, 7) is 1.31. The Morgan fingerprint density at radius 3 is 2.60 bits per heavy atom. The van der Waals surface area contributed by atoms with Crippen LogP contribution in [0.1, 0.15) is 21.6 Å². The molecular formula is C20H19N3O2. The molecule has 0 saturated carbocycles. The Hall–Kier alpha value is -3.08. The average molecular weight is 333 g/mol. The molecule has 1 aliphatic rings. The van der Waals surface area contributed by atoms with Crippen LogP contribution in [-0.2, 0) is 13.0 Å². The second kappa shape index (κ2) is 6.43. The molecule has 0 radical (unpaired) electrons. The third kappa shape index (κ3) is 2.89. The summed E-state index contributed by atoms with van der Waals surface area (Å²) >= 11 is 0. The summed E-state index contributed by atoms with van der Waals surface area (Å²) in [5, 5.41) is 7.71. The molecule has 1 aromatic heterocycles. The Balaban J connectivity index is 1.79. The topological polar surface area (TPSA) is 56.2 Å². The lowest BCUT2D eigenvalue weighted by atomic mass is 10.0. The molecule has 0 fully saturated rings. The molecule has 5 heteroatoms. The normalized spacial score (nSPS) is 13.2. The summed E-state index contributed by atoms with van der Waals surface area (Å²) in [6, 6.07) is 17.8. The molecule has 4 rings (SSSR count). The number of methoxy groups -OCH3 is 1. The van der Waals surface area contributed by atoms with E-state index in [0.717, 1.165) is 29.1 Å². The number of hydrogen-bond donors (Lipinski definition) is 1.